The Morgan fingerprint density at radius 1 is 1.27 bits per heavy atom. The number of amides is 1. The molecule has 1 rings (SSSR count). The Labute approximate surface area is 128 Å². The number of rotatable bonds is 8. The molecule has 1 aromatic rings. The molecule has 0 aliphatic rings. The summed E-state index contributed by atoms with van der Waals surface area (Å²) >= 11 is 0. The van der Waals surface area contributed by atoms with Crippen molar-refractivity contribution in [2.24, 2.45) is 5.41 Å². The van der Waals surface area contributed by atoms with E-state index in [0.717, 1.165) is 0 Å². The lowest BCUT2D eigenvalue weighted by molar-refractivity contribution is -0.385. The lowest BCUT2D eigenvalue weighted by Crippen LogP contribution is -2.42. The number of nitrogens with one attached hydrogen (secondary N) is 1. The van der Waals surface area contributed by atoms with Crippen molar-refractivity contribution in [3.8, 4) is 0 Å². The predicted molar refractivity (Wildman–Crippen MR) is 80.5 cm³/mol. The third-order valence-electron chi connectivity index (χ3n) is 3.97. The zero-order valence-corrected chi connectivity index (χ0v) is 12.7. The van der Waals surface area contributed by atoms with Gasteiger partial charge in [0.05, 0.1) is 16.8 Å². The third-order valence-corrected chi connectivity index (χ3v) is 3.97. The highest BCUT2D eigenvalue weighted by Crippen LogP contribution is 2.26. The summed E-state index contributed by atoms with van der Waals surface area (Å²) in [4.78, 5) is 33.7. The summed E-state index contributed by atoms with van der Waals surface area (Å²) in [6.07, 6.45) is 0.634. The molecule has 0 aliphatic heterocycles. The number of hydrogen-bond acceptors (Lipinski definition) is 4. The van der Waals surface area contributed by atoms with Gasteiger partial charge in [0.25, 0.3) is 5.69 Å². The molecule has 0 radical (unpaired) electrons. The summed E-state index contributed by atoms with van der Waals surface area (Å²) in [6, 6.07) is 6.00. The van der Waals surface area contributed by atoms with E-state index in [9.17, 15) is 24.8 Å². The lowest BCUT2D eigenvalue weighted by atomic mass is 9.82. The van der Waals surface area contributed by atoms with Crippen molar-refractivity contribution in [3.05, 3.63) is 39.9 Å². The van der Waals surface area contributed by atoms with Gasteiger partial charge in [-0.15, -0.1) is 0 Å². The molecule has 7 nitrogen and oxygen atoms in total. The van der Waals surface area contributed by atoms with E-state index in [4.69, 9.17) is 0 Å². The summed E-state index contributed by atoms with van der Waals surface area (Å²) in [5.74, 6) is -1.38. The number of para-hydroxylation sites is 1. The molecule has 0 heterocycles. The summed E-state index contributed by atoms with van der Waals surface area (Å²) in [7, 11) is 0. The highest BCUT2D eigenvalue weighted by Gasteiger charge is 2.35. The number of benzene rings is 1. The van der Waals surface area contributed by atoms with Crippen LogP contribution < -0.4 is 5.32 Å². The summed E-state index contributed by atoms with van der Waals surface area (Å²) < 4.78 is 0. The average Bonchev–Trinajstić information content (AvgIpc) is 2.48. The maximum atomic E-state index is 12.0. The van der Waals surface area contributed by atoms with Crippen LogP contribution in [0.2, 0.25) is 0 Å². The van der Waals surface area contributed by atoms with Crippen molar-refractivity contribution in [2.45, 2.75) is 33.1 Å². The van der Waals surface area contributed by atoms with Crippen LogP contribution in [0.4, 0.5) is 5.69 Å². The van der Waals surface area contributed by atoms with E-state index in [2.05, 4.69) is 5.32 Å². The Bertz CT molecular complexity index is 567. The Balaban J connectivity index is 2.76. The molecule has 22 heavy (non-hydrogen) atoms. The zero-order chi connectivity index (χ0) is 16.8. The van der Waals surface area contributed by atoms with Gasteiger partial charge < -0.3 is 10.4 Å². The number of hydrogen-bond donors (Lipinski definition) is 2. The second-order valence-electron chi connectivity index (χ2n) is 5.13. The molecule has 0 fully saturated rings. The highest BCUT2D eigenvalue weighted by molar-refractivity contribution is 5.81. The Morgan fingerprint density at radius 3 is 2.36 bits per heavy atom. The quantitative estimate of drug-likeness (QED) is 0.565. The fourth-order valence-electron chi connectivity index (χ4n) is 2.22. The Morgan fingerprint density at radius 2 is 1.86 bits per heavy atom. The van der Waals surface area contributed by atoms with Crippen LogP contribution in [0.15, 0.2) is 24.3 Å². The number of aliphatic carboxylic acids is 1. The standard InChI is InChI=1S/C15H20N2O5/c1-3-15(4-2,14(19)20)10-16-13(18)9-11-7-5-6-8-12(11)17(21)22/h5-8H,3-4,9-10H2,1-2H3,(H,16,18)(H,19,20). The van der Waals surface area contributed by atoms with E-state index >= 15 is 0 Å². The van der Waals surface area contributed by atoms with Crippen LogP contribution in [0.25, 0.3) is 0 Å². The van der Waals surface area contributed by atoms with Crippen molar-refractivity contribution >= 4 is 17.6 Å². The van der Waals surface area contributed by atoms with Crippen LogP contribution in [-0.2, 0) is 16.0 Å². The number of nitrogens with zero attached hydrogens (tertiary/aromatic N) is 1. The van der Waals surface area contributed by atoms with E-state index in [0.29, 0.717) is 18.4 Å². The molecule has 0 bridgehead atoms. The fraction of sp³-hybridized carbons (Fsp3) is 0.467. The van der Waals surface area contributed by atoms with Gasteiger partial charge in [-0.1, -0.05) is 32.0 Å². The maximum absolute atomic E-state index is 12.0. The molecule has 2 N–H and O–H groups in total. The van der Waals surface area contributed by atoms with Crippen molar-refractivity contribution in [1.29, 1.82) is 0 Å². The van der Waals surface area contributed by atoms with Gasteiger partial charge in [-0.25, -0.2) is 0 Å². The first-order valence-corrected chi connectivity index (χ1v) is 7.08. The molecule has 120 valence electrons. The second kappa shape index (κ2) is 7.53. The molecular weight excluding hydrogens is 288 g/mol. The SMILES string of the molecule is CCC(CC)(CNC(=O)Cc1ccccc1[N+](=O)[O-])C(=O)O. The van der Waals surface area contributed by atoms with Gasteiger partial charge in [0.15, 0.2) is 0 Å². The smallest absolute Gasteiger partial charge is 0.311 e. The molecular formula is C15H20N2O5. The summed E-state index contributed by atoms with van der Waals surface area (Å²) in [5, 5.41) is 22.8. The fourth-order valence-corrected chi connectivity index (χ4v) is 2.22. The molecule has 0 saturated carbocycles. The van der Waals surface area contributed by atoms with Gasteiger partial charge >= 0.3 is 5.97 Å². The third kappa shape index (κ3) is 4.03. The average molecular weight is 308 g/mol. The van der Waals surface area contributed by atoms with Gasteiger partial charge in [0.1, 0.15) is 0 Å². The Kier molecular flexibility index (Phi) is 6.03. The van der Waals surface area contributed by atoms with Gasteiger partial charge in [-0.3, -0.25) is 19.7 Å². The number of carbonyl (C=O) groups is 2. The van der Waals surface area contributed by atoms with Crippen molar-refractivity contribution < 1.29 is 19.6 Å². The van der Waals surface area contributed by atoms with Crippen LogP contribution in [0.1, 0.15) is 32.3 Å². The molecule has 1 amide bonds. The second-order valence-corrected chi connectivity index (χ2v) is 5.13. The maximum Gasteiger partial charge on any atom is 0.311 e. The van der Waals surface area contributed by atoms with E-state index in [1.165, 1.54) is 18.2 Å². The van der Waals surface area contributed by atoms with Crippen LogP contribution in [0.5, 0.6) is 0 Å². The molecule has 0 aromatic heterocycles. The molecule has 0 unspecified atom stereocenters. The van der Waals surface area contributed by atoms with Crippen LogP contribution in [-0.4, -0.2) is 28.5 Å². The molecule has 7 heteroatoms. The Hall–Kier alpha value is -2.44. The van der Waals surface area contributed by atoms with E-state index in [-0.39, 0.29) is 18.7 Å². The molecule has 0 atom stereocenters. The van der Waals surface area contributed by atoms with Crippen LogP contribution in [0, 0.1) is 15.5 Å². The summed E-state index contributed by atoms with van der Waals surface area (Å²) in [5.41, 5.74) is -0.815. The number of nitro groups is 1. The number of carbonyl (C=O) groups excluding carboxylic acids is 1. The van der Waals surface area contributed by atoms with E-state index in [1.54, 1.807) is 19.9 Å². The molecule has 0 saturated heterocycles. The molecule has 1 aromatic carbocycles. The minimum Gasteiger partial charge on any atom is -0.481 e. The largest absolute Gasteiger partial charge is 0.481 e. The minimum absolute atomic E-state index is 0.00873. The van der Waals surface area contributed by atoms with Crippen molar-refractivity contribution in [1.82, 2.24) is 5.32 Å². The van der Waals surface area contributed by atoms with Gasteiger partial charge in [0.2, 0.25) is 5.91 Å². The number of nitro benzene ring substituents is 1. The van der Waals surface area contributed by atoms with Gasteiger partial charge in [0, 0.05) is 18.2 Å². The first kappa shape index (κ1) is 17.6. The monoisotopic (exact) mass is 308 g/mol. The van der Waals surface area contributed by atoms with Gasteiger partial charge in [-0.2, -0.15) is 0 Å². The van der Waals surface area contributed by atoms with Gasteiger partial charge in [-0.05, 0) is 12.8 Å². The van der Waals surface area contributed by atoms with E-state index in [1.807, 2.05) is 0 Å². The number of carboxylic acids is 1. The van der Waals surface area contributed by atoms with Crippen LogP contribution in [0.3, 0.4) is 0 Å². The number of carboxylic acid groups (broad SMARTS) is 1. The highest BCUT2D eigenvalue weighted by atomic mass is 16.6. The molecule has 0 aliphatic carbocycles. The van der Waals surface area contributed by atoms with E-state index < -0.39 is 22.2 Å². The predicted octanol–water partition coefficient (Wildman–Crippen LogP) is 2.14. The summed E-state index contributed by atoms with van der Waals surface area (Å²) in [6.45, 7) is 3.52. The first-order chi connectivity index (χ1) is 10.4. The topological polar surface area (TPSA) is 110 Å². The van der Waals surface area contributed by atoms with Crippen LogP contribution >= 0.6 is 0 Å². The minimum atomic E-state index is -1.00. The van der Waals surface area contributed by atoms with Crippen molar-refractivity contribution in [3.63, 3.8) is 0 Å². The first-order valence-electron chi connectivity index (χ1n) is 7.08. The molecule has 0 spiro atoms. The zero-order valence-electron chi connectivity index (χ0n) is 12.7. The normalized spacial score (nSPS) is 11.0. The van der Waals surface area contributed by atoms with Crippen molar-refractivity contribution in [2.75, 3.05) is 6.54 Å². The lowest BCUT2D eigenvalue weighted by Gasteiger charge is -2.26.